The standard InChI is InChI=1S/C15H20N2/c1-4-8-13(2)9-5-6-10-14-11-7-12-17-15(14)16-3/h6-7,9-12H,3-5,8H2,1-2H3/b10-6-,13-9+. The maximum absolute atomic E-state index is 4.14. The third-order valence-corrected chi connectivity index (χ3v) is 2.51. The van der Waals surface area contributed by atoms with E-state index in [4.69, 9.17) is 0 Å². The van der Waals surface area contributed by atoms with E-state index in [0.29, 0.717) is 5.82 Å². The van der Waals surface area contributed by atoms with Gasteiger partial charge in [0.25, 0.3) is 0 Å². The first-order valence-electron chi connectivity index (χ1n) is 6.01. The molecule has 0 aromatic carbocycles. The van der Waals surface area contributed by atoms with Gasteiger partial charge in [-0.2, -0.15) is 0 Å². The molecule has 0 saturated heterocycles. The van der Waals surface area contributed by atoms with Crippen LogP contribution in [0.2, 0.25) is 0 Å². The fourth-order valence-electron chi connectivity index (χ4n) is 1.63. The molecular weight excluding hydrogens is 208 g/mol. The van der Waals surface area contributed by atoms with E-state index in [1.807, 2.05) is 18.2 Å². The van der Waals surface area contributed by atoms with Crippen LogP contribution < -0.4 is 0 Å². The number of aliphatic imine (C=N–C) groups is 1. The van der Waals surface area contributed by atoms with Crippen molar-refractivity contribution in [1.29, 1.82) is 0 Å². The summed E-state index contributed by atoms with van der Waals surface area (Å²) in [6, 6.07) is 3.91. The van der Waals surface area contributed by atoms with Crippen molar-refractivity contribution in [1.82, 2.24) is 4.98 Å². The van der Waals surface area contributed by atoms with Gasteiger partial charge >= 0.3 is 0 Å². The highest BCUT2D eigenvalue weighted by Gasteiger charge is 1.94. The second kappa shape index (κ2) is 7.55. The van der Waals surface area contributed by atoms with Gasteiger partial charge in [0, 0.05) is 11.8 Å². The first kappa shape index (κ1) is 13.4. The summed E-state index contributed by atoms with van der Waals surface area (Å²) >= 11 is 0. The second-order valence-corrected chi connectivity index (χ2v) is 4.01. The topological polar surface area (TPSA) is 25.2 Å². The first-order valence-corrected chi connectivity index (χ1v) is 6.01. The Morgan fingerprint density at radius 3 is 3.06 bits per heavy atom. The summed E-state index contributed by atoms with van der Waals surface area (Å²) in [5.41, 5.74) is 2.47. The van der Waals surface area contributed by atoms with Gasteiger partial charge < -0.3 is 0 Å². The van der Waals surface area contributed by atoms with E-state index < -0.39 is 0 Å². The largest absolute Gasteiger partial charge is 0.245 e. The monoisotopic (exact) mass is 228 g/mol. The highest BCUT2D eigenvalue weighted by molar-refractivity contribution is 5.62. The fraction of sp³-hybridized carbons (Fsp3) is 0.333. The highest BCUT2D eigenvalue weighted by Crippen LogP contribution is 2.16. The Balaban J connectivity index is 2.59. The van der Waals surface area contributed by atoms with E-state index in [0.717, 1.165) is 12.0 Å². The summed E-state index contributed by atoms with van der Waals surface area (Å²) in [6.07, 6.45) is 11.5. The van der Waals surface area contributed by atoms with Crippen LogP contribution in [0.25, 0.3) is 6.08 Å². The van der Waals surface area contributed by atoms with Gasteiger partial charge in [-0.15, -0.1) is 0 Å². The van der Waals surface area contributed by atoms with Crippen LogP contribution >= 0.6 is 0 Å². The Morgan fingerprint density at radius 1 is 1.53 bits per heavy atom. The molecule has 0 amide bonds. The van der Waals surface area contributed by atoms with Crippen LogP contribution in [0.5, 0.6) is 0 Å². The normalized spacial score (nSPS) is 12.0. The van der Waals surface area contributed by atoms with Gasteiger partial charge in [0.05, 0.1) is 0 Å². The van der Waals surface area contributed by atoms with Gasteiger partial charge in [-0.25, -0.2) is 9.98 Å². The van der Waals surface area contributed by atoms with Gasteiger partial charge in [-0.05, 0) is 38.6 Å². The molecule has 0 unspecified atom stereocenters. The first-order chi connectivity index (χ1) is 8.27. The molecule has 90 valence electrons. The Labute approximate surface area is 104 Å². The second-order valence-electron chi connectivity index (χ2n) is 4.01. The van der Waals surface area contributed by atoms with Crippen LogP contribution in [0, 0.1) is 0 Å². The van der Waals surface area contributed by atoms with Gasteiger partial charge in [0.1, 0.15) is 0 Å². The lowest BCUT2D eigenvalue weighted by atomic mass is 10.1. The van der Waals surface area contributed by atoms with Gasteiger partial charge in [-0.1, -0.05) is 37.1 Å². The van der Waals surface area contributed by atoms with Crippen molar-refractivity contribution in [2.24, 2.45) is 4.99 Å². The maximum Gasteiger partial charge on any atom is 0.158 e. The number of rotatable bonds is 6. The van der Waals surface area contributed by atoms with E-state index in [2.05, 4.69) is 42.7 Å². The maximum atomic E-state index is 4.14. The van der Waals surface area contributed by atoms with E-state index in [1.54, 1.807) is 6.20 Å². The Morgan fingerprint density at radius 2 is 2.35 bits per heavy atom. The summed E-state index contributed by atoms with van der Waals surface area (Å²) in [7, 11) is 0. The molecule has 0 fully saturated rings. The predicted octanol–water partition coefficient (Wildman–Crippen LogP) is 4.56. The fourth-order valence-corrected chi connectivity index (χ4v) is 1.63. The van der Waals surface area contributed by atoms with Crippen molar-refractivity contribution in [2.75, 3.05) is 0 Å². The van der Waals surface area contributed by atoms with Crippen molar-refractivity contribution in [3.63, 3.8) is 0 Å². The smallest absolute Gasteiger partial charge is 0.158 e. The third kappa shape index (κ3) is 4.77. The van der Waals surface area contributed by atoms with Gasteiger partial charge in [-0.3, -0.25) is 0 Å². The van der Waals surface area contributed by atoms with E-state index in [1.165, 1.54) is 18.4 Å². The zero-order chi connectivity index (χ0) is 12.5. The highest BCUT2D eigenvalue weighted by atomic mass is 14.9. The molecule has 0 bridgehead atoms. The zero-order valence-electron chi connectivity index (χ0n) is 10.7. The minimum absolute atomic E-state index is 0.693. The Hall–Kier alpha value is -1.70. The molecule has 17 heavy (non-hydrogen) atoms. The number of allylic oxidation sites excluding steroid dienone is 3. The molecule has 1 heterocycles. The van der Waals surface area contributed by atoms with Crippen molar-refractivity contribution in [3.05, 3.63) is 41.6 Å². The zero-order valence-corrected chi connectivity index (χ0v) is 10.7. The average molecular weight is 228 g/mol. The van der Waals surface area contributed by atoms with E-state index >= 15 is 0 Å². The molecule has 1 aromatic rings. The molecule has 2 nitrogen and oxygen atoms in total. The van der Waals surface area contributed by atoms with Crippen molar-refractivity contribution in [2.45, 2.75) is 33.1 Å². The Kier molecular flexibility index (Phi) is 5.94. The average Bonchev–Trinajstić information content (AvgIpc) is 2.35. The van der Waals surface area contributed by atoms with Crippen LogP contribution in [0.4, 0.5) is 5.82 Å². The molecule has 0 aliphatic rings. The molecule has 0 spiro atoms. The molecule has 1 aromatic heterocycles. The molecule has 0 atom stereocenters. The van der Waals surface area contributed by atoms with E-state index in [9.17, 15) is 0 Å². The van der Waals surface area contributed by atoms with Gasteiger partial charge in [0.2, 0.25) is 0 Å². The molecule has 0 aliphatic carbocycles. The molecular formula is C15H20N2. The van der Waals surface area contributed by atoms with Crippen LogP contribution in [-0.2, 0) is 0 Å². The number of pyridine rings is 1. The van der Waals surface area contributed by atoms with Crippen molar-refractivity contribution < 1.29 is 0 Å². The van der Waals surface area contributed by atoms with E-state index in [-0.39, 0.29) is 0 Å². The van der Waals surface area contributed by atoms with Crippen molar-refractivity contribution in [3.8, 4) is 0 Å². The molecule has 2 heteroatoms. The molecule has 0 aliphatic heterocycles. The lowest BCUT2D eigenvalue weighted by Gasteiger charge is -1.97. The number of hydrogen-bond donors (Lipinski definition) is 0. The summed E-state index contributed by atoms with van der Waals surface area (Å²) in [5, 5.41) is 0. The van der Waals surface area contributed by atoms with Crippen LogP contribution in [-0.4, -0.2) is 11.7 Å². The Bertz CT molecular complexity index is 417. The van der Waals surface area contributed by atoms with Gasteiger partial charge in [0.15, 0.2) is 5.82 Å². The SMILES string of the molecule is C=Nc1ncccc1/C=C\C/C=C(\C)CCC. The van der Waals surface area contributed by atoms with Crippen LogP contribution in [0.3, 0.4) is 0 Å². The van der Waals surface area contributed by atoms with Crippen LogP contribution in [0.15, 0.2) is 41.0 Å². The summed E-state index contributed by atoms with van der Waals surface area (Å²) in [4.78, 5) is 8.03. The van der Waals surface area contributed by atoms with Crippen molar-refractivity contribution >= 4 is 18.6 Å². The lowest BCUT2D eigenvalue weighted by molar-refractivity contribution is 0.900. The van der Waals surface area contributed by atoms with Crippen LogP contribution in [0.1, 0.15) is 38.7 Å². The minimum Gasteiger partial charge on any atom is -0.245 e. The number of aromatic nitrogens is 1. The summed E-state index contributed by atoms with van der Waals surface area (Å²) in [5.74, 6) is 0.693. The summed E-state index contributed by atoms with van der Waals surface area (Å²) in [6.45, 7) is 7.89. The lowest BCUT2D eigenvalue weighted by Crippen LogP contribution is -1.78. The molecule has 0 radical (unpaired) electrons. The molecule has 1 rings (SSSR count). The quantitative estimate of drug-likeness (QED) is 0.517. The summed E-state index contributed by atoms with van der Waals surface area (Å²) < 4.78 is 0. The molecule has 0 saturated carbocycles. The predicted molar refractivity (Wildman–Crippen MR) is 75.8 cm³/mol. The third-order valence-electron chi connectivity index (χ3n) is 2.51. The molecule has 0 N–H and O–H groups in total. The number of hydrogen-bond acceptors (Lipinski definition) is 2. The number of nitrogens with zero attached hydrogens (tertiary/aromatic N) is 2. The minimum atomic E-state index is 0.693.